The average molecular weight is 396 g/mol. The summed E-state index contributed by atoms with van der Waals surface area (Å²) in [5.74, 6) is -1.36. The molecule has 0 bridgehead atoms. The predicted molar refractivity (Wildman–Crippen MR) is 101 cm³/mol. The van der Waals surface area contributed by atoms with Crippen LogP contribution in [0.15, 0.2) is 18.2 Å². The summed E-state index contributed by atoms with van der Waals surface area (Å²) in [6.07, 6.45) is 7.59. The molecule has 1 saturated carbocycles. The summed E-state index contributed by atoms with van der Waals surface area (Å²) in [5, 5.41) is 0. The lowest BCUT2D eigenvalue weighted by atomic mass is 9.80. The van der Waals surface area contributed by atoms with Gasteiger partial charge in [0.2, 0.25) is 0 Å². The van der Waals surface area contributed by atoms with Gasteiger partial charge in [0.1, 0.15) is 5.75 Å². The lowest BCUT2D eigenvalue weighted by Crippen LogP contribution is -2.32. The molecule has 0 N–H and O–H groups in total. The van der Waals surface area contributed by atoms with Crippen molar-refractivity contribution in [1.29, 1.82) is 0 Å². The first-order valence-electron chi connectivity index (χ1n) is 10.4. The van der Waals surface area contributed by atoms with E-state index in [1.165, 1.54) is 6.07 Å². The largest absolute Gasteiger partial charge is 0.426 e. The zero-order chi connectivity index (χ0) is 19.9. The van der Waals surface area contributed by atoms with Crippen LogP contribution in [0.5, 0.6) is 5.75 Å². The first-order chi connectivity index (χ1) is 13.5. The van der Waals surface area contributed by atoms with Gasteiger partial charge in [-0.1, -0.05) is 13.3 Å². The lowest BCUT2D eigenvalue weighted by Gasteiger charge is -2.31. The summed E-state index contributed by atoms with van der Waals surface area (Å²) < 4.78 is 43.1. The van der Waals surface area contributed by atoms with Crippen LogP contribution in [0.3, 0.4) is 0 Å². The van der Waals surface area contributed by atoms with Gasteiger partial charge in [-0.15, -0.1) is 0 Å². The topological polar surface area (TPSA) is 44.8 Å². The molecule has 156 valence electrons. The summed E-state index contributed by atoms with van der Waals surface area (Å²) in [6.45, 7) is 3.76. The van der Waals surface area contributed by atoms with E-state index in [-0.39, 0.29) is 23.9 Å². The van der Waals surface area contributed by atoms with Crippen molar-refractivity contribution in [2.75, 3.05) is 13.2 Å². The zero-order valence-corrected chi connectivity index (χ0v) is 16.5. The fraction of sp³-hybridized carbons (Fsp3) is 0.682. The van der Waals surface area contributed by atoms with Crippen LogP contribution >= 0.6 is 0 Å². The van der Waals surface area contributed by atoms with Crippen molar-refractivity contribution >= 4 is 5.97 Å². The van der Waals surface area contributed by atoms with Gasteiger partial charge in [-0.3, -0.25) is 4.79 Å². The maximum atomic E-state index is 13.2. The molecule has 3 rings (SSSR count). The van der Waals surface area contributed by atoms with Gasteiger partial charge in [0.15, 0.2) is 17.9 Å². The van der Waals surface area contributed by atoms with Gasteiger partial charge in [0.25, 0.3) is 0 Å². The smallest absolute Gasteiger partial charge is 0.314 e. The highest BCUT2D eigenvalue weighted by atomic mass is 19.2. The van der Waals surface area contributed by atoms with Crippen LogP contribution in [0, 0.1) is 29.4 Å². The standard InChI is InChI=1S/C22H30F2O4/c1-2-3-16-13-26-21(27-14-16)11-6-15-4-7-17(8-5-15)22(25)28-18-9-10-19(23)20(24)12-18/h9-10,12,15-17,21H,2-8,11,13-14H2,1H3. The number of ether oxygens (including phenoxy) is 3. The minimum atomic E-state index is -1.01. The second-order valence-corrected chi connectivity index (χ2v) is 8.04. The molecule has 2 aliphatic rings. The molecule has 1 aliphatic heterocycles. The summed E-state index contributed by atoms with van der Waals surface area (Å²) in [7, 11) is 0. The lowest BCUT2D eigenvalue weighted by molar-refractivity contribution is -0.205. The second kappa shape index (κ2) is 10.3. The molecular weight excluding hydrogens is 366 g/mol. The molecule has 1 heterocycles. The van der Waals surface area contributed by atoms with Crippen molar-refractivity contribution in [1.82, 2.24) is 0 Å². The van der Waals surface area contributed by atoms with Crippen LogP contribution in [0.1, 0.15) is 58.3 Å². The second-order valence-electron chi connectivity index (χ2n) is 8.04. The quantitative estimate of drug-likeness (QED) is 0.467. The highest BCUT2D eigenvalue weighted by Gasteiger charge is 2.29. The molecule has 1 saturated heterocycles. The minimum Gasteiger partial charge on any atom is -0.426 e. The van der Waals surface area contributed by atoms with E-state index in [0.717, 1.165) is 76.7 Å². The molecule has 6 heteroatoms. The average Bonchev–Trinajstić information content (AvgIpc) is 2.71. The van der Waals surface area contributed by atoms with Crippen LogP contribution in [-0.4, -0.2) is 25.5 Å². The van der Waals surface area contributed by atoms with E-state index in [9.17, 15) is 13.6 Å². The number of carbonyl (C=O) groups is 1. The molecule has 2 fully saturated rings. The van der Waals surface area contributed by atoms with Crippen LogP contribution in [-0.2, 0) is 14.3 Å². The Kier molecular flexibility index (Phi) is 7.80. The number of rotatable bonds is 7. The van der Waals surface area contributed by atoms with E-state index in [1.807, 2.05) is 0 Å². The third kappa shape index (κ3) is 5.98. The van der Waals surface area contributed by atoms with E-state index >= 15 is 0 Å². The van der Waals surface area contributed by atoms with E-state index in [2.05, 4.69) is 6.92 Å². The molecule has 1 aromatic carbocycles. The number of benzene rings is 1. The third-order valence-electron chi connectivity index (χ3n) is 5.83. The monoisotopic (exact) mass is 396 g/mol. The van der Waals surface area contributed by atoms with Gasteiger partial charge in [0, 0.05) is 12.0 Å². The summed E-state index contributed by atoms with van der Waals surface area (Å²) in [4.78, 5) is 12.3. The summed E-state index contributed by atoms with van der Waals surface area (Å²) in [5.41, 5.74) is 0. The molecule has 4 nitrogen and oxygen atoms in total. The summed E-state index contributed by atoms with van der Waals surface area (Å²) >= 11 is 0. The van der Waals surface area contributed by atoms with Crippen molar-refractivity contribution in [3.63, 3.8) is 0 Å². The Labute approximate surface area is 165 Å². The van der Waals surface area contributed by atoms with Crippen molar-refractivity contribution in [2.45, 2.75) is 64.6 Å². The van der Waals surface area contributed by atoms with Gasteiger partial charge in [-0.25, -0.2) is 8.78 Å². The van der Waals surface area contributed by atoms with Gasteiger partial charge < -0.3 is 14.2 Å². The van der Waals surface area contributed by atoms with Gasteiger partial charge in [-0.2, -0.15) is 0 Å². The maximum absolute atomic E-state index is 13.2. The Morgan fingerprint density at radius 3 is 2.36 bits per heavy atom. The highest BCUT2D eigenvalue weighted by Crippen LogP contribution is 2.33. The first kappa shape index (κ1) is 21.2. The van der Waals surface area contributed by atoms with Gasteiger partial charge in [0.05, 0.1) is 19.1 Å². The number of hydrogen-bond donors (Lipinski definition) is 0. The summed E-state index contributed by atoms with van der Waals surface area (Å²) in [6, 6.07) is 3.15. The minimum absolute atomic E-state index is 0.0546. The normalized spacial score (nSPS) is 28.1. The van der Waals surface area contributed by atoms with Crippen molar-refractivity contribution in [3.8, 4) is 5.75 Å². The van der Waals surface area contributed by atoms with Crippen molar-refractivity contribution in [3.05, 3.63) is 29.8 Å². The van der Waals surface area contributed by atoms with E-state index in [0.29, 0.717) is 11.8 Å². The van der Waals surface area contributed by atoms with E-state index < -0.39 is 11.6 Å². The number of halogens is 2. The molecular formula is C22H30F2O4. The maximum Gasteiger partial charge on any atom is 0.314 e. The van der Waals surface area contributed by atoms with Crippen LogP contribution in [0.25, 0.3) is 0 Å². The molecule has 28 heavy (non-hydrogen) atoms. The SMILES string of the molecule is CCCC1COC(CCC2CCC(C(=O)Oc3ccc(F)c(F)c3)CC2)OC1. The van der Waals surface area contributed by atoms with Crippen LogP contribution < -0.4 is 4.74 Å². The van der Waals surface area contributed by atoms with Crippen molar-refractivity contribution < 1.29 is 27.8 Å². The van der Waals surface area contributed by atoms with Crippen LogP contribution in [0.2, 0.25) is 0 Å². The Hall–Kier alpha value is -1.53. The predicted octanol–water partition coefficient (Wildman–Crippen LogP) is 5.25. The number of esters is 1. The Morgan fingerprint density at radius 2 is 1.71 bits per heavy atom. The third-order valence-corrected chi connectivity index (χ3v) is 5.83. The molecule has 0 radical (unpaired) electrons. The Bertz CT molecular complexity index is 635. The van der Waals surface area contributed by atoms with Crippen LogP contribution in [0.4, 0.5) is 8.78 Å². The van der Waals surface area contributed by atoms with Gasteiger partial charge in [-0.05, 0) is 63.0 Å². The fourth-order valence-electron chi connectivity index (χ4n) is 4.12. The fourth-order valence-corrected chi connectivity index (χ4v) is 4.12. The Balaban J connectivity index is 1.35. The molecule has 0 aromatic heterocycles. The van der Waals surface area contributed by atoms with E-state index in [4.69, 9.17) is 14.2 Å². The molecule has 0 amide bonds. The van der Waals surface area contributed by atoms with Gasteiger partial charge >= 0.3 is 5.97 Å². The van der Waals surface area contributed by atoms with E-state index in [1.54, 1.807) is 0 Å². The Morgan fingerprint density at radius 1 is 1.00 bits per heavy atom. The van der Waals surface area contributed by atoms with Crippen molar-refractivity contribution in [2.24, 2.45) is 17.8 Å². The molecule has 1 aromatic rings. The first-order valence-corrected chi connectivity index (χ1v) is 10.4. The molecule has 0 spiro atoms. The molecule has 1 aliphatic carbocycles. The highest BCUT2D eigenvalue weighted by molar-refractivity contribution is 5.75. The number of hydrogen-bond acceptors (Lipinski definition) is 4. The number of carbonyl (C=O) groups excluding carboxylic acids is 1. The molecule has 0 unspecified atom stereocenters. The zero-order valence-electron chi connectivity index (χ0n) is 16.5. The molecule has 0 atom stereocenters.